The summed E-state index contributed by atoms with van der Waals surface area (Å²) in [5.74, 6) is -6.26. The van der Waals surface area contributed by atoms with Crippen molar-refractivity contribution in [3.05, 3.63) is 69.4 Å². The van der Waals surface area contributed by atoms with Crippen LogP contribution in [-0.2, 0) is 0 Å². The number of hydrogen-bond acceptors (Lipinski definition) is 4. The molecule has 3 nitrogen and oxygen atoms in total. The first-order valence-electron chi connectivity index (χ1n) is 7.91. The van der Waals surface area contributed by atoms with E-state index < -0.39 is 34.5 Å². The number of carbonyl (C=O) groups excluding carboxylic acids is 1. The van der Waals surface area contributed by atoms with Crippen molar-refractivity contribution in [1.82, 2.24) is 0 Å². The number of rotatable bonds is 4. The minimum atomic E-state index is -1.72. The maximum atomic E-state index is 14.0. The Morgan fingerprint density at radius 1 is 1.04 bits per heavy atom. The predicted octanol–water partition coefficient (Wildman–Crippen LogP) is 5.39. The lowest BCUT2D eigenvalue weighted by Gasteiger charge is -2.10. The third kappa shape index (κ3) is 3.30. The second-order valence-electron chi connectivity index (χ2n) is 6.02. The van der Waals surface area contributed by atoms with Gasteiger partial charge in [0.1, 0.15) is 5.75 Å². The Morgan fingerprint density at radius 2 is 1.67 bits per heavy atom. The SMILES string of the molecule is COc1c(C)cc(-c2ccc(C(=O)c3cc(F)c(F)c(O)c3F)s2)cc1C. The van der Waals surface area contributed by atoms with Crippen molar-refractivity contribution >= 4 is 17.1 Å². The molecular weight excluding hydrogens is 377 g/mol. The summed E-state index contributed by atoms with van der Waals surface area (Å²) in [5, 5.41) is 9.31. The van der Waals surface area contributed by atoms with Gasteiger partial charge in [-0.3, -0.25) is 4.79 Å². The number of aryl methyl sites for hydroxylation is 2. The van der Waals surface area contributed by atoms with Crippen molar-refractivity contribution in [3.8, 4) is 21.9 Å². The number of ether oxygens (including phenoxy) is 1. The maximum Gasteiger partial charge on any atom is 0.206 e. The average molecular weight is 392 g/mol. The molecule has 0 bridgehead atoms. The molecule has 0 aliphatic heterocycles. The van der Waals surface area contributed by atoms with Gasteiger partial charge >= 0.3 is 0 Å². The first-order chi connectivity index (χ1) is 12.7. The Kier molecular flexibility index (Phi) is 4.97. The Morgan fingerprint density at radius 3 is 2.26 bits per heavy atom. The molecular formula is C20H15F3O3S. The van der Waals surface area contributed by atoms with Crippen LogP contribution >= 0.6 is 11.3 Å². The molecule has 0 radical (unpaired) electrons. The molecule has 0 amide bonds. The average Bonchev–Trinajstić information content (AvgIpc) is 3.12. The number of phenols is 1. The highest BCUT2D eigenvalue weighted by Gasteiger charge is 2.24. The van der Waals surface area contributed by atoms with E-state index in [1.165, 1.54) is 6.07 Å². The van der Waals surface area contributed by atoms with E-state index in [2.05, 4.69) is 0 Å². The zero-order chi connectivity index (χ0) is 19.9. The molecule has 0 aliphatic carbocycles. The monoisotopic (exact) mass is 392 g/mol. The largest absolute Gasteiger partial charge is 0.503 e. The molecule has 0 spiro atoms. The van der Waals surface area contributed by atoms with Crippen LogP contribution in [0.4, 0.5) is 13.2 Å². The molecule has 27 heavy (non-hydrogen) atoms. The fourth-order valence-electron chi connectivity index (χ4n) is 2.92. The minimum Gasteiger partial charge on any atom is -0.503 e. The van der Waals surface area contributed by atoms with Gasteiger partial charge in [0.25, 0.3) is 0 Å². The predicted molar refractivity (Wildman–Crippen MR) is 97.2 cm³/mol. The van der Waals surface area contributed by atoms with Gasteiger partial charge in [0.15, 0.2) is 17.4 Å². The molecule has 140 valence electrons. The highest BCUT2D eigenvalue weighted by atomic mass is 32.1. The Bertz CT molecular complexity index is 1030. The molecule has 0 fully saturated rings. The van der Waals surface area contributed by atoms with Gasteiger partial charge in [0, 0.05) is 4.88 Å². The number of aromatic hydroxyl groups is 1. The number of benzene rings is 2. The number of halogens is 3. The molecule has 1 heterocycles. The fourth-order valence-corrected chi connectivity index (χ4v) is 3.87. The fraction of sp³-hybridized carbons (Fsp3) is 0.150. The van der Waals surface area contributed by atoms with Gasteiger partial charge in [-0.2, -0.15) is 4.39 Å². The van der Waals surface area contributed by atoms with E-state index >= 15 is 0 Å². The van der Waals surface area contributed by atoms with Crippen LogP contribution in [0.25, 0.3) is 10.4 Å². The molecule has 7 heteroatoms. The van der Waals surface area contributed by atoms with Crippen molar-refractivity contribution in [2.45, 2.75) is 13.8 Å². The first kappa shape index (κ1) is 19.0. The topological polar surface area (TPSA) is 46.5 Å². The summed E-state index contributed by atoms with van der Waals surface area (Å²) in [6.07, 6.45) is 0. The smallest absolute Gasteiger partial charge is 0.206 e. The highest BCUT2D eigenvalue weighted by molar-refractivity contribution is 7.17. The Labute approximate surface area is 157 Å². The van der Waals surface area contributed by atoms with Crippen LogP contribution in [-0.4, -0.2) is 18.0 Å². The van der Waals surface area contributed by atoms with E-state index in [1.807, 2.05) is 26.0 Å². The summed E-state index contributed by atoms with van der Waals surface area (Å²) in [6, 6.07) is 7.42. The summed E-state index contributed by atoms with van der Waals surface area (Å²) >= 11 is 1.09. The molecule has 2 aromatic carbocycles. The second kappa shape index (κ2) is 7.08. The molecule has 0 unspecified atom stereocenters. The summed E-state index contributed by atoms with van der Waals surface area (Å²) < 4.78 is 46.0. The van der Waals surface area contributed by atoms with E-state index in [0.29, 0.717) is 6.07 Å². The van der Waals surface area contributed by atoms with Gasteiger partial charge < -0.3 is 9.84 Å². The molecule has 1 aromatic heterocycles. The highest BCUT2D eigenvalue weighted by Crippen LogP contribution is 2.35. The van der Waals surface area contributed by atoms with Crippen molar-refractivity contribution in [2.75, 3.05) is 7.11 Å². The molecule has 0 saturated carbocycles. The number of methoxy groups -OCH3 is 1. The zero-order valence-electron chi connectivity index (χ0n) is 14.7. The lowest BCUT2D eigenvalue weighted by Crippen LogP contribution is -2.05. The van der Waals surface area contributed by atoms with Crippen LogP contribution < -0.4 is 4.74 Å². The first-order valence-corrected chi connectivity index (χ1v) is 8.72. The van der Waals surface area contributed by atoms with Crippen LogP contribution in [0, 0.1) is 31.3 Å². The lowest BCUT2D eigenvalue weighted by atomic mass is 10.0. The molecule has 0 atom stereocenters. The molecule has 0 aliphatic rings. The van der Waals surface area contributed by atoms with Crippen molar-refractivity contribution in [2.24, 2.45) is 0 Å². The summed E-state index contributed by atoms with van der Waals surface area (Å²) in [5.41, 5.74) is 1.97. The van der Waals surface area contributed by atoms with Crippen LogP contribution in [0.2, 0.25) is 0 Å². The van der Waals surface area contributed by atoms with E-state index in [1.54, 1.807) is 13.2 Å². The zero-order valence-corrected chi connectivity index (χ0v) is 15.5. The van der Waals surface area contributed by atoms with Gasteiger partial charge in [0.2, 0.25) is 11.6 Å². The van der Waals surface area contributed by atoms with Crippen LogP contribution in [0.15, 0.2) is 30.3 Å². The summed E-state index contributed by atoms with van der Waals surface area (Å²) in [6.45, 7) is 3.79. The van der Waals surface area contributed by atoms with Gasteiger partial charge in [-0.25, -0.2) is 8.78 Å². The van der Waals surface area contributed by atoms with E-state index in [4.69, 9.17) is 4.74 Å². The molecule has 1 N–H and O–H groups in total. The van der Waals surface area contributed by atoms with Gasteiger partial charge in [-0.05, 0) is 60.9 Å². The Hall–Kier alpha value is -2.80. The van der Waals surface area contributed by atoms with E-state index in [0.717, 1.165) is 38.7 Å². The van der Waals surface area contributed by atoms with Crippen LogP contribution in [0.3, 0.4) is 0 Å². The molecule has 3 rings (SSSR count). The van der Waals surface area contributed by atoms with E-state index in [9.17, 15) is 23.1 Å². The quantitative estimate of drug-likeness (QED) is 0.478. The lowest BCUT2D eigenvalue weighted by molar-refractivity contribution is 0.103. The number of carbonyl (C=O) groups is 1. The van der Waals surface area contributed by atoms with Gasteiger partial charge in [-0.1, -0.05) is 0 Å². The number of thiophene rings is 1. The number of phenolic OH excluding ortho intramolecular Hbond substituents is 1. The standard InChI is InChI=1S/C20H15F3O3S/c1-9-6-11(7-10(2)20(9)26-3)14-4-5-15(27-14)18(24)12-8-13(21)17(23)19(25)16(12)22/h4-8,25H,1-3H3. The summed E-state index contributed by atoms with van der Waals surface area (Å²) in [4.78, 5) is 13.4. The van der Waals surface area contributed by atoms with Crippen LogP contribution in [0.1, 0.15) is 26.4 Å². The van der Waals surface area contributed by atoms with Gasteiger partial charge in [0.05, 0.1) is 17.6 Å². The third-order valence-corrected chi connectivity index (χ3v) is 5.29. The van der Waals surface area contributed by atoms with Crippen molar-refractivity contribution < 1.29 is 27.8 Å². The normalized spacial score (nSPS) is 10.9. The molecule has 0 saturated heterocycles. The van der Waals surface area contributed by atoms with E-state index in [-0.39, 0.29) is 4.88 Å². The number of ketones is 1. The van der Waals surface area contributed by atoms with Crippen molar-refractivity contribution in [1.29, 1.82) is 0 Å². The summed E-state index contributed by atoms with van der Waals surface area (Å²) in [7, 11) is 1.59. The second-order valence-corrected chi connectivity index (χ2v) is 7.10. The molecule has 3 aromatic rings. The van der Waals surface area contributed by atoms with Gasteiger partial charge in [-0.15, -0.1) is 11.3 Å². The maximum absolute atomic E-state index is 14.0. The number of hydrogen-bond donors (Lipinski definition) is 1. The van der Waals surface area contributed by atoms with Crippen molar-refractivity contribution in [3.63, 3.8) is 0 Å². The van der Waals surface area contributed by atoms with Crippen LogP contribution in [0.5, 0.6) is 11.5 Å². The minimum absolute atomic E-state index is 0.139. The third-order valence-electron chi connectivity index (χ3n) is 4.16. The Balaban J connectivity index is 2.01.